The zero-order chi connectivity index (χ0) is 29.1. The molecule has 2 aliphatic heterocycles. The zero-order valence-corrected chi connectivity index (χ0v) is 26.0. The summed E-state index contributed by atoms with van der Waals surface area (Å²) in [5.74, 6) is 0.766. The quantitative estimate of drug-likeness (QED) is 0.214. The smallest absolute Gasteiger partial charge is 0.274 e. The second kappa shape index (κ2) is 12.7. The van der Waals surface area contributed by atoms with Crippen LogP contribution in [0.25, 0.3) is 15.8 Å². The van der Waals surface area contributed by atoms with Crippen LogP contribution >= 0.6 is 22.9 Å². The van der Waals surface area contributed by atoms with Crippen molar-refractivity contribution in [3.8, 4) is 5.19 Å². The third kappa shape index (κ3) is 6.78. The van der Waals surface area contributed by atoms with Gasteiger partial charge < -0.3 is 9.64 Å². The molecule has 11 heteroatoms. The van der Waals surface area contributed by atoms with Crippen LogP contribution in [0.15, 0.2) is 60.9 Å². The van der Waals surface area contributed by atoms with Gasteiger partial charge in [0.25, 0.3) is 5.19 Å². The van der Waals surface area contributed by atoms with Gasteiger partial charge in [0, 0.05) is 56.4 Å². The van der Waals surface area contributed by atoms with Crippen LogP contribution in [0.1, 0.15) is 49.3 Å². The van der Waals surface area contributed by atoms with Crippen LogP contribution in [-0.2, 0) is 22.2 Å². The van der Waals surface area contributed by atoms with Gasteiger partial charge in [0.05, 0.1) is 16.0 Å². The van der Waals surface area contributed by atoms with Crippen LogP contribution in [-0.4, -0.2) is 60.0 Å². The number of benzene rings is 2. The van der Waals surface area contributed by atoms with E-state index in [4.69, 9.17) is 21.3 Å². The summed E-state index contributed by atoms with van der Waals surface area (Å²) in [5.41, 5.74) is 5.09. The van der Waals surface area contributed by atoms with Crippen LogP contribution in [0.4, 0.5) is 5.95 Å². The molecule has 2 aliphatic rings. The molecule has 4 aromatic rings. The minimum Gasteiger partial charge on any atom is -0.467 e. The number of rotatable bonds is 9. The Kier molecular flexibility index (Phi) is 8.76. The molecule has 220 valence electrons. The maximum Gasteiger partial charge on any atom is 0.274 e. The first-order chi connectivity index (χ1) is 20.4. The molecule has 1 saturated heterocycles. The Morgan fingerprint density at radius 3 is 2.48 bits per heavy atom. The SMILES string of the molecule is CCCc1cnc(N2CCC(Oc3nc4ccc(C5=CCN(S(=O)(=O)Cc6ccc(Cl)cc6)CC5)cc4s3)CC2)nc1. The fraction of sp³-hybridized carbons (Fsp3) is 0.387. The predicted octanol–water partition coefficient (Wildman–Crippen LogP) is 6.36. The molecule has 8 nitrogen and oxygen atoms in total. The highest BCUT2D eigenvalue weighted by Gasteiger charge is 2.26. The number of ether oxygens (including phenoxy) is 1. The van der Waals surface area contributed by atoms with E-state index in [1.165, 1.54) is 5.56 Å². The maximum atomic E-state index is 13.0. The van der Waals surface area contributed by atoms with Crippen LogP contribution in [0.2, 0.25) is 5.02 Å². The van der Waals surface area contributed by atoms with E-state index >= 15 is 0 Å². The molecule has 2 aromatic carbocycles. The molecule has 0 amide bonds. The number of nitrogens with zero attached hydrogens (tertiary/aromatic N) is 5. The van der Waals surface area contributed by atoms with E-state index in [0.717, 1.165) is 71.6 Å². The van der Waals surface area contributed by atoms with Crippen LogP contribution in [0.5, 0.6) is 5.19 Å². The van der Waals surface area contributed by atoms with E-state index in [1.54, 1.807) is 39.9 Å². The first kappa shape index (κ1) is 29.0. The van der Waals surface area contributed by atoms with Crippen molar-refractivity contribution < 1.29 is 13.2 Å². The fourth-order valence-electron chi connectivity index (χ4n) is 5.45. The van der Waals surface area contributed by atoms with Crippen molar-refractivity contribution in [1.29, 1.82) is 0 Å². The molecule has 1 fully saturated rings. The van der Waals surface area contributed by atoms with Crippen molar-refractivity contribution in [1.82, 2.24) is 19.3 Å². The van der Waals surface area contributed by atoms with Crippen molar-refractivity contribution in [3.05, 3.63) is 82.6 Å². The number of halogens is 1. The van der Waals surface area contributed by atoms with Gasteiger partial charge in [-0.3, -0.25) is 0 Å². The Balaban J connectivity index is 1.05. The normalized spacial score (nSPS) is 17.0. The first-order valence-electron chi connectivity index (χ1n) is 14.4. The molecule has 4 heterocycles. The molecule has 6 rings (SSSR count). The molecule has 42 heavy (non-hydrogen) atoms. The van der Waals surface area contributed by atoms with Gasteiger partial charge in [-0.25, -0.2) is 23.4 Å². The van der Waals surface area contributed by atoms with Gasteiger partial charge in [-0.05, 0) is 59.4 Å². The Hall–Kier alpha value is -3.05. The topological polar surface area (TPSA) is 88.5 Å². The molecule has 0 unspecified atom stereocenters. The molecule has 0 aliphatic carbocycles. The number of hydrogen-bond acceptors (Lipinski definition) is 8. The van der Waals surface area contributed by atoms with Crippen molar-refractivity contribution in [2.45, 2.75) is 50.9 Å². The number of thiazole rings is 1. The summed E-state index contributed by atoms with van der Waals surface area (Å²) < 4.78 is 34.9. The Morgan fingerprint density at radius 2 is 1.79 bits per heavy atom. The van der Waals surface area contributed by atoms with E-state index in [2.05, 4.69) is 33.9 Å². The summed E-state index contributed by atoms with van der Waals surface area (Å²) in [4.78, 5) is 16.1. The summed E-state index contributed by atoms with van der Waals surface area (Å²) in [5, 5.41) is 1.29. The number of aromatic nitrogens is 3. The molecular weight excluding hydrogens is 590 g/mol. The van der Waals surface area contributed by atoms with Crippen molar-refractivity contribution in [2.24, 2.45) is 0 Å². The second-order valence-electron chi connectivity index (χ2n) is 10.8. The first-order valence-corrected chi connectivity index (χ1v) is 17.2. The zero-order valence-electron chi connectivity index (χ0n) is 23.6. The molecule has 0 radical (unpaired) electrons. The molecule has 2 aromatic heterocycles. The number of sulfonamides is 1. The lowest BCUT2D eigenvalue weighted by molar-refractivity contribution is 0.170. The lowest BCUT2D eigenvalue weighted by Gasteiger charge is -2.31. The lowest BCUT2D eigenvalue weighted by atomic mass is 10.0. The summed E-state index contributed by atoms with van der Waals surface area (Å²) in [6.07, 6.45) is 10.6. The average molecular weight is 624 g/mol. The predicted molar refractivity (Wildman–Crippen MR) is 170 cm³/mol. The van der Waals surface area contributed by atoms with Gasteiger partial charge >= 0.3 is 0 Å². The third-order valence-corrected chi connectivity index (χ3v) is 10.8. The highest BCUT2D eigenvalue weighted by molar-refractivity contribution is 7.88. The Morgan fingerprint density at radius 1 is 1.02 bits per heavy atom. The number of fused-ring (bicyclic) bond motifs is 1. The van der Waals surface area contributed by atoms with E-state index in [-0.39, 0.29) is 11.9 Å². The molecule has 0 saturated carbocycles. The van der Waals surface area contributed by atoms with E-state index in [9.17, 15) is 8.42 Å². The third-order valence-electron chi connectivity index (χ3n) is 7.79. The van der Waals surface area contributed by atoms with Gasteiger partial charge in [-0.2, -0.15) is 4.31 Å². The van der Waals surface area contributed by atoms with E-state index < -0.39 is 10.0 Å². The molecule has 0 bridgehead atoms. The lowest BCUT2D eigenvalue weighted by Crippen LogP contribution is -2.39. The van der Waals surface area contributed by atoms with Crippen molar-refractivity contribution >= 4 is 54.7 Å². The summed E-state index contributed by atoms with van der Waals surface area (Å²) in [6.45, 7) is 4.70. The van der Waals surface area contributed by atoms with Gasteiger partial charge in [-0.15, -0.1) is 0 Å². The minimum atomic E-state index is -3.41. The summed E-state index contributed by atoms with van der Waals surface area (Å²) in [6, 6.07) is 13.2. The number of anilines is 1. The molecule has 0 spiro atoms. The Bertz CT molecular complexity index is 1670. The van der Waals surface area contributed by atoms with Crippen LogP contribution < -0.4 is 9.64 Å². The van der Waals surface area contributed by atoms with Crippen molar-refractivity contribution in [2.75, 3.05) is 31.1 Å². The monoisotopic (exact) mass is 623 g/mol. The average Bonchev–Trinajstić information content (AvgIpc) is 3.41. The number of hydrogen-bond donors (Lipinski definition) is 0. The van der Waals surface area contributed by atoms with Crippen molar-refractivity contribution in [3.63, 3.8) is 0 Å². The number of aryl methyl sites for hydroxylation is 1. The van der Waals surface area contributed by atoms with Crippen LogP contribution in [0.3, 0.4) is 0 Å². The standard InChI is InChI=1S/C31H34ClN5O3S2/c1-2-3-23-19-33-30(34-20-23)36-14-12-27(13-15-36)40-31-35-28-9-6-25(18-29(28)41-31)24-10-16-37(17-11-24)42(38,39)21-22-4-7-26(32)8-5-22/h4-10,18-20,27H,2-3,11-17,21H2,1H3. The highest BCUT2D eigenvalue weighted by atomic mass is 35.5. The van der Waals surface area contributed by atoms with Gasteiger partial charge in [0.1, 0.15) is 6.10 Å². The summed E-state index contributed by atoms with van der Waals surface area (Å²) in [7, 11) is -3.41. The molecular formula is C31H34ClN5O3S2. The highest BCUT2D eigenvalue weighted by Crippen LogP contribution is 2.34. The minimum absolute atomic E-state index is 0.0259. The van der Waals surface area contributed by atoms with Crippen LogP contribution in [0, 0.1) is 0 Å². The maximum absolute atomic E-state index is 13.0. The fourth-order valence-corrected chi connectivity index (χ4v) is 7.96. The largest absolute Gasteiger partial charge is 0.467 e. The Labute approximate surface area is 256 Å². The summed E-state index contributed by atoms with van der Waals surface area (Å²) >= 11 is 7.50. The van der Waals surface area contributed by atoms with Gasteiger partial charge in [-0.1, -0.05) is 60.6 Å². The molecule has 0 atom stereocenters. The van der Waals surface area contributed by atoms with E-state index in [0.29, 0.717) is 29.7 Å². The number of piperidine rings is 1. The van der Waals surface area contributed by atoms with E-state index in [1.807, 2.05) is 24.5 Å². The van der Waals surface area contributed by atoms with Gasteiger partial charge in [0.15, 0.2) is 0 Å². The second-order valence-corrected chi connectivity index (χ2v) is 14.2. The molecule has 0 N–H and O–H groups in total. The van der Waals surface area contributed by atoms with Gasteiger partial charge in [0.2, 0.25) is 16.0 Å².